The molecule has 0 spiro atoms. The topological polar surface area (TPSA) is 84.4 Å². The summed E-state index contributed by atoms with van der Waals surface area (Å²) in [6.07, 6.45) is 6.24. The maximum atomic E-state index is 12.6. The smallest absolute Gasteiger partial charge is 0.306 e. The maximum Gasteiger partial charge on any atom is 0.306 e. The van der Waals surface area contributed by atoms with E-state index in [0.717, 1.165) is 54.0 Å². The number of anilines is 2. The molecule has 3 heterocycles. The lowest BCUT2D eigenvalue weighted by Gasteiger charge is -2.33. The number of carbonyl (C=O) groups excluding carboxylic acids is 2. The number of rotatable bonds is 7. The van der Waals surface area contributed by atoms with E-state index in [4.69, 9.17) is 4.74 Å². The molecule has 0 aliphatic carbocycles. The number of nitrogens with zero attached hydrogens (tertiary/aromatic N) is 3. The van der Waals surface area contributed by atoms with Crippen LogP contribution in [0.5, 0.6) is 0 Å². The van der Waals surface area contributed by atoms with E-state index < -0.39 is 5.60 Å². The molecule has 194 valence electrons. The molecule has 7 heteroatoms. The summed E-state index contributed by atoms with van der Waals surface area (Å²) in [6, 6.07) is 15.9. The number of hydrogen-bond donors (Lipinski definition) is 1. The molecule has 1 amide bonds. The van der Waals surface area contributed by atoms with Crippen molar-refractivity contribution in [2.24, 2.45) is 5.92 Å². The highest BCUT2D eigenvalue weighted by atomic mass is 16.6. The van der Waals surface area contributed by atoms with Gasteiger partial charge in [-0.3, -0.25) is 14.6 Å². The van der Waals surface area contributed by atoms with Gasteiger partial charge in [0.1, 0.15) is 11.4 Å². The van der Waals surface area contributed by atoms with Crippen molar-refractivity contribution in [3.63, 3.8) is 0 Å². The summed E-state index contributed by atoms with van der Waals surface area (Å²) in [5, 5.41) is 2.89. The van der Waals surface area contributed by atoms with Crippen molar-refractivity contribution >= 4 is 23.4 Å². The lowest BCUT2D eigenvalue weighted by Crippen LogP contribution is -2.35. The van der Waals surface area contributed by atoms with E-state index in [2.05, 4.69) is 20.2 Å². The molecule has 0 atom stereocenters. The van der Waals surface area contributed by atoms with E-state index in [9.17, 15) is 9.59 Å². The van der Waals surface area contributed by atoms with Crippen molar-refractivity contribution in [1.82, 2.24) is 9.97 Å². The molecule has 1 N–H and O–H groups in total. The summed E-state index contributed by atoms with van der Waals surface area (Å²) in [6.45, 7) is 9.41. The van der Waals surface area contributed by atoms with Gasteiger partial charge in [0.15, 0.2) is 0 Å². The molecular weight excluding hydrogens is 464 g/mol. The molecule has 7 nitrogen and oxygen atoms in total. The third kappa shape index (κ3) is 7.87. The predicted octanol–water partition coefficient (Wildman–Crippen LogP) is 5.58. The monoisotopic (exact) mass is 500 g/mol. The molecule has 4 rings (SSSR count). The van der Waals surface area contributed by atoms with Crippen molar-refractivity contribution in [2.75, 3.05) is 23.3 Å². The van der Waals surface area contributed by atoms with Crippen LogP contribution in [0, 0.1) is 12.8 Å². The maximum absolute atomic E-state index is 12.6. The van der Waals surface area contributed by atoms with Gasteiger partial charge in [0.05, 0.1) is 18.3 Å². The number of pyridine rings is 2. The van der Waals surface area contributed by atoms with Crippen LogP contribution in [0.25, 0.3) is 11.1 Å². The minimum Gasteiger partial charge on any atom is -0.460 e. The lowest BCUT2D eigenvalue weighted by molar-refractivity contribution is -0.156. The van der Waals surface area contributed by atoms with Crippen LogP contribution in [0.1, 0.15) is 51.3 Å². The van der Waals surface area contributed by atoms with Crippen molar-refractivity contribution in [3.8, 4) is 11.1 Å². The van der Waals surface area contributed by atoms with Gasteiger partial charge in [0.2, 0.25) is 5.91 Å². The Morgan fingerprint density at radius 2 is 1.73 bits per heavy atom. The highest BCUT2D eigenvalue weighted by Crippen LogP contribution is 2.26. The number of amides is 1. The van der Waals surface area contributed by atoms with E-state index >= 15 is 0 Å². The molecule has 0 radical (unpaired) electrons. The number of esters is 1. The molecule has 0 unspecified atom stereocenters. The molecule has 0 bridgehead atoms. The summed E-state index contributed by atoms with van der Waals surface area (Å²) in [4.78, 5) is 35.7. The van der Waals surface area contributed by atoms with E-state index in [0.29, 0.717) is 18.2 Å². The standard InChI is InChI=1S/C30H36N4O3/c1-21-17-25(11-14-31-21)24-7-5-22(6-8-24)18-28(35)33-27-10-9-26(20-32-27)34-15-12-23(13-16-34)19-29(36)37-30(2,3)4/h5-11,14,17,20,23H,12-13,15-16,18-19H2,1-4H3,(H,32,33,35). The first-order valence-electron chi connectivity index (χ1n) is 12.9. The Kier molecular flexibility index (Phi) is 8.21. The fourth-order valence-electron chi connectivity index (χ4n) is 4.57. The Bertz CT molecular complexity index is 1210. The van der Waals surface area contributed by atoms with Gasteiger partial charge in [-0.15, -0.1) is 0 Å². The van der Waals surface area contributed by atoms with Crippen LogP contribution in [0.4, 0.5) is 11.5 Å². The number of carbonyl (C=O) groups is 2. The second kappa shape index (κ2) is 11.5. The normalized spacial score (nSPS) is 14.3. The van der Waals surface area contributed by atoms with Crippen LogP contribution in [-0.4, -0.2) is 40.5 Å². The Morgan fingerprint density at radius 1 is 1.00 bits per heavy atom. The van der Waals surface area contributed by atoms with Crippen LogP contribution in [0.2, 0.25) is 0 Å². The van der Waals surface area contributed by atoms with Crippen molar-refractivity contribution in [1.29, 1.82) is 0 Å². The van der Waals surface area contributed by atoms with Crippen LogP contribution in [0.3, 0.4) is 0 Å². The van der Waals surface area contributed by atoms with Gasteiger partial charge >= 0.3 is 5.97 Å². The highest BCUT2D eigenvalue weighted by Gasteiger charge is 2.24. The first-order chi connectivity index (χ1) is 17.6. The zero-order valence-electron chi connectivity index (χ0n) is 22.2. The van der Waals surface area contributed by atoms with Gasteiger partial charge in [-0.25, -0.2) is 4.98 Å². The first-order valence-corrected chi connectivity index (χ1v) is 12.9. The van der Waals surface area contributed by atoms with Crippen molar-refractivity contribution in [2.45, 2.75) is 59.0 Å². The quantitative estimate of drug-likeness (QED) is 0.426. The molecule has 2 aromatic heterocycles. The minimum atomic E-state index is -0.440. The minimum absolute atomic E-state index is 0.101. The number of piperidine rings is 1. The Hall–Kier alpha value is -3.74. The average molecular weight is 501 g/mol. The van der Waals surface area contributed by atoms with Crippen molar-refractivity contribution < 1.29 is 14.3 Å². The van der Waals surface area contributed by atoms with E-state index in [1.165, 1.54) is 0 Å². The molecule has 3 aromatic rings. The Labute approximate surface area is 219 Å². The number of nitrogens with one attached hydrogen (secondary N) is 1. The lowest BCUT2D eigenvalue weighted by atomic mass is 9.93. The van der Waals surface area contributed by atoms with Crippen molar-refractivity contribution in [3.05, 3.63) is 72.2 Å². The molecule has 1 saturated heterocycles. The van der Waals surface area contributed by atoms with E-state index in [-0.39, 0.29) is 18.3 Å². The summed E-state index contributed by atoms with van der Waals surface area (Å²) < 4.78 is 5.46. The fourth-order valence-corrected chi connectivity index (χ4v) is 4.57. The van der Waals surface area contributed by atoms with Gasteiger partial charge in [0.25, 0.3) is 0 Å². The van der Waals surface area contributed by atoms with Crippen LogP contribution >= 0.6 is 0 Å². The Balaban J connectivity index is 1.24. The van der Waals surface area contributed by atoms with Gasteiger partial charge < -0.3 is 15.0 Å². The fraction of sp³-hybridized carbons (Fsp3) is 0.400. The molecule has 1 fully saturated rings. The number of aryl methyl sites for hydroxylation is 1. The second-order valence-electron chi connectivity index (χ2n) is 10.7. The molecule has 1 aliphatic rings. The number of ether oxygens (including phenoxy) is 1. The van der Waals surface area contributed by atoms with Crippen LogP contribution in [-0.2, 0) is 20.7 Å². The largest absolute Gasteiger partial charge is 0.460 e. The number of aromatic nitrogens is 2. The molecule has 1 aromatic carbocycles. The molecule has 37 heavy (non-hydrogen) atoms. The predicted molar refractivity (Wildman–Crippen MR) is 146 cm³/mol. The highest BCUT2D eigenvalue weighted by molar-refractivity contribution is 5.91. The molecule has 1 aliphatic heterocycles. The van der Waals surface area contributed by atoms with Crippen LogP contribution < -0.4 is 10.2 Å². The summed E-state index contributed by atoms with van der Waals surface area (Å²) >= 11 is 0. The summed E-state index contributed by atoms with van der Waals surface area (Å²) in [5.74, 6) is 0.668. The average Bonchev–Trinajstić information content (AvgIpc) is 2.84. The molecular formula is C30H36N4O3. The van der Waals surface area contributed by atoms with Gasteiger partial charge in [-0.2, -0.15) is 0 Å². The van der Waals surface area contributed by atoms with Gasteiger partial charge in [-0.05, 0) is 87.4 Å². The SMILES string of the molecule is Cc1cc(-c2ccc(CC(=O)Nc3ccc(N4CCC(CC(=O)OC(C)(C)C)CC4)cn3)cc2)ccn1. The van der Waals surface area contributed by atoms with E-state index in [1.807, 2.05) is 76.2 Å². The number of hydrogen-bond acceptors (Lipinski definition) is 6. The Morgan fingerprint density at radius 3 is 2.35 bits per heavy atom. The third-order valence-corrected chi connectivity index (χ3v) is 6.42. The van der Waals surface area contributed by atoms with Gasteiger partial charge in [-0.1, -0.05) is 24.3 Å². The molecule has 0 saturated carbocycles. The van der Waals surface area contributed by atoms with E-state index in [1.54, 1.807) is 12.4 Å². The first kappa shape index (κ1) is 26.3. The zero-order chi connectivity index (χ0) is 26.4. The summed E-state index contributed by atoms with van der Waals surface area (Å²) in [7, 11) is 0. The zero-order valence-corrected chi connectivity index (χ0v) is 22.2. The second-order valence-corrected chi connectivity index (χ2v) is 10.7. The van der Waals surface area contributed by atoms with Gasteiger partial charge in [0, 0.05) is 31.4 Å². The third-order valence-electron chi connectivity index (χ3n) is 6.42. The number of benzene rings is 1. The summed E-state index contributed by atoms with van der Waals surface area (Å²) in [5.41, 5.74) is 4.71. The van der Waals surface area contributed by atoms with Crippen LogP contribution in [0.15, 0.2) is 60.9 Å².